The van der Waals surface area contributed by atoms with E-state index in [0.717, 1.165) is 12.7 Å². The van der Waals surface area contributed by atoms with Crippen LogP contribution in [0, 0.1) is 0 Å². The summed E-state index contributed by atoms with van der Waals surface area (Å²) in [5.74, 6) is -0.310. The van der Waals surface area contributed by atoms with E-state index in [1.807, 2.05) is 6.26 Å². The minimum atomic E-state index is -3.38. The lowest BCUT2D eigenvalue weighted by molar-refractivity contribution is 0.0953. The van der Waals surface area contributed by atoms with E-state index in [9.17, 15) is 13.2 Å². The normalized spacial score (nSPS) is 12.9. The molecule has 0 fully saturated rings. The molecule has 3 N–H and O–H groups in total. The summed E-state index contributed by atoms with van der Waals surface area (Å²) in [6, 6.07) is 4.17. The van der Waals surface area contributed by atoms with Gasteiger partial charge in [-0.25, -0.2) is 8.42 Å². The first-order valence-corrected chi connectivity index (χ1v) is 9.33. The second-order valence-electron chi connectivity index (χ2n) is 4.65. The molecule has 0 radical (unpaired) electrons. The molecule has 7 heteroatoms. The largest absolute Gasteiger partial charge is 0.399 e. The van der Waals surface area contributed by atoms with E-state index in [0.29, 0.717) is 11.8 Å². The maximum Gasteiger partial charge on any atom is 0.251 e. The molecule has 1 aromatic carbocycles. The van der Waals surface area contributed by atoms with E-state index < -0.39 is 9.84 Å². The zero-order valence-electron chi connectivity index (χ0n) is 11.8. The van der Waals surface area contributed by atoms with Crippen LogP contribution in [0.1, 0.15) is 23.7 Å². The average Bonchev–Trinajstić information content (AvgIpc) is 2.36. The third-order valence-corrected chi connectivity index (χ3v) is 4.99. The summed E-state index contributed by atoms with van der Waals surface area (Å²) in [7, 11) is -3.38. The first-order valence-electron chi connectivity index (χ1n) is 6.15. The number of anilines is 1. The standard InChI is InChI=1S/C13H20N2O3S2/c1-9(19-2)4-5-15-13(16)10-6-11(14)8-12(7-10)20(3,17)18/h6-9H,4-5,14H2,1-3H3,(H,15,16). The van der Waals surface area contributed by atoms with Gasteiger partial charge in [-0.2, -0.15) is 11.8 Å². The van der Waals surface area contributed by atoms with Crippen LogP contribution in [0.5, 0.6) is 0 Å². The third kappa shape index (κ3) is 5.05. The summed E-state index contributed by atoms with van der Waals surface area (Å²) < 4.78 is 23.0. The van der Waals surface area contributed by atoms with E-state index in [4.69, 9.17) is 5.73 Å². The second kappa shape index (κ2) is 6.99. The molecule has 0 aliphatic heterocycles. The van der Waals surface area contributed by atoms with Crippen molar-refractivity contribution in [3.8, 4) is 0 Å². The first-order chi connectivity index (χ1) is 9.24. The van der Waals surface area contributed by atoms with Gasteiger partial charge in [0.1, 0.15) is 0 Å². The maximum atomic E-state index is 12.0. The molecule has 1 unspecified atom stereocenters. The van der Waals surface area contributed by atoms with Gasteiger partial charge in [0.15, 0.2) is 9.84 Å². The Morgan fingerprint density at radius 3 is 2.60 bits per heavy atom. The molecule has 0 saturated carbocycles. The molecule has 0 aliphatic rings. The first kappa shape index (κ1) is 16.8. The van der Waals surface area contributed by atoms with E-state index in [1.54, 1.807) is 11.8 Å². The molecule has 1 amide bonds. The van der Waals surface area contributed by atoms with Crippen LogP contribution in [-0.4, -0.2) is 38.6 Å². The predicted molar refractivity (Wildman–Crippen MR) is 83.9 cm³/mol. The van der Waals surface area contributed by atoms with E-state index in [1.165, 1.54) is 18.2 Å². The van der Waals surface area contributed by atoms with Gasteiger partial charge in [0.2, 0.25) is 0 Å². The van der Waals surface area contributed by atoms with E-state index >= 15 is 0 Å². The van der Waals surface area contributed by atoms with Crippen molar-refractivity contribution < 1.29 is 13.2 Å². The van der Waals surface area contributed by atoms with Crippen LogP contribution in [0.3, 0.4) is 0 Å². The summed E-state index contributed by atoms with van der Waals surface area (Å²) in [6.07, 6.45) is 3.96. The number of benzene rings is 1. The number of nitrogens with one attached hydrogen (secondary N) is 1. The van der Waals surface area contributed by atoms with Crippen molar-refractivity contribution >= 4 is 33.2 Å². The van der Waals surface area contributed by atoms with Crippen LogP contribution in [-0.2, 0) is 9.84 Å². The minimum Gasteiger partial charge on any atom is -0.399 e. The van der Waals surface area contributed by atoms with Crippen molar-refractivity contribution in [3.63, 3.8) is 0 Å². The van der Waals surface area contributed by atoms with Crippen molar-refractivity contribution in [2.45, 2.75) is 23.5 Å². The summed E-state index contributed by atoms with van der Waals surface area (Å²) in [6.45, 7) is 2.63. The van der Waals surface area contributed by atoms with E-state index in [-0.39, 0.29) is 22.1 Å². The van der Waals surface area contributed by atoms with Crippen molar-refractivity contribution in [3.05, 3.63) is 23.8 Å². The van der Waals surface area contributed by atoms with Gasteiger partial charge >= 0.3 is 0 Å². The van der Waals surface area contributed by atoms with Crippen molar-refractivity contribution in [2.75, 3.05) is 24.8 Å². The molecular formula is C13H20N2O3S2. The highest BCUT2D eigenvalue weighted by molar-refractivity contribution is 7.99. The molecular weight excluding hydrogens is 296 g/mol. The van der Waals surface area contributed by atoms with Crippen LogP contribution in [0.25, 0.3) is 0 Å². The highest BCUT2D eigenvalue weighted by Crippen LogP contribution is 2.17. The summed E-state index contributed by atoms with van der Waals surface area (Å²) in [4.78, 5) is 12.0. The Bertz CT molecular complexity index is 585. The molecule has 5 nitrogen and oxygen atoms in total. The summed E-state index contributed by atoms with van der Waals surface area (Å²) in [5.41, 5.74) is 6.17. The van der Waals surface area contributed by atoms with Crippen LogP contribution in [0.4, 0.5) is 5.69 Å². The van der Waals surface area contributed by atoms with Gasteiger partial charge in [0, 0.05) is 29.3 Å². The van der Waals surface area contributed by atoms with Crippen molar-refractivity contribution in [1.29, 1.82) is 0 Å². The molecule has 0 saturated heterocycles. The number of nitrogens with two attached hydrogens (primary N) is 1. The van der Waals surface area contributed by atoms with Gasteiger partial charge in [-0.3, -0.25) is 4.79 Å². The molecule has 0 aromatic heterocycles. The van der Waals surface area contributed by atoms with Gasteiger partial charge in [0.05, 0.1) is 4.90 Å². The Morgan fingerprint density at radius 2 is 2.05 bits per heavy atom. The average molecular weight is 316 g/mol. The van der Waals surface area contributed by atoms with Gasteiger partial charge in [-0.1, -0.05) is 6.92 Å². The number of rotatable bonds is 6. The van der Waals surface area contributed by atoms with Gasteiger partial charge in [0.25, 0.3) is 5.91 Å². The molecule has 20 heavy (non-hydrogen) atoms. The van der Waals surface area contributed by atoms with Crippen LogP contribution >= 0.6 is 11.8 Å². The topological polar surface area (TPSA) is 89.3 Å². The SMILES string of the molecule is CSC(C)CCNC(=O)c1cc(N)cc(S(C)(=O)=O)c1. The van der Waals surface area contributed by atoms with Crippen molar-refractivity contribution in [2.24, 2.45) is 0 Å². The quantitative estimate of drug-likeness (QED) is 0.777. The Kier molecular flexibility index (Phi) is 5.88. The molecule has 1 aromatic rings. The Labute approximate surface area is 124 Å². The molecule has 112 valence electrons. The lowest BCUT2D eigenvalue weighted by Gasteiger charge is -2.10. The zero-order chi connectivity index (χ0) is 15.3. The van der Waals surface area contributed by atoms with Crippen molar-refractivity contribution in [1.82, 2.24) is 5.32 Å². The smallest absolute Gasteiger partial charge is 0.251 e. The van der Waals surface area contributed by atoms with E-state index in [2.05, 4.69) is 12.2 Å². The minimum absolute atomic E-state index is 0.0557. The summed E-state index contributed by atoms with van der Waals surface area (Å²) >= 11 is 1.73. The number of thioether (sulfide) groups is 1. The maximum absolute atomic E-state index is 12.0. The number of hydrogen-bond acceptors (Lipinski definition) is 5. The zero-order valence-corrected chi connectivity index (χ0v) is 13.5. The van der Waals surface area contributed by atoms with Gasteiger partial charge in [-0.15, -0.1) is 0 Å². The number of amides is 1. The molecule has 0 aliphatic carbocycles. The Balaban J connectivity index is 2.81. The Hall–Kier alpha value is -1.21. The second-order valence-corrected chi connectivity index (χ2v) is 7.95. The molecule has 1 atom stereocenters. The van der Waals surface area contributed by atoms with Gasteiger partial charge < -0.3 is 11.1 Å². The Morgan fingerprint density at radius 1 is 1.40 bits per heavy atom. The van der Waals surface area contributed by atoms with Crippen LogP contribution in [0.2, 0.25) is 0 Å². The number of carbonyl (C=O) groups excluding carboxylic acids is 1. The fourth-order valence-corrected chi connectivity index (χ4v) is 2.62. The highest BCUT2D eigenvalue weighted by Gasteiger charge is 2.13. The monoisotopic (exact) mass is 316 g/mol. The summed E-state index contributed by atoms with van der Waals surface area (Å²) in [5, 5.41) is 3.23. The predicted octanol–water partition coefficient (Wildman–Crippen LogP) is 1.54. The molecule has 0 bridgehead atoms. The highest BCUT2D eigenvalue weighted by atomic mass is 32.2. The van der Waals surface area contributed by atoms with Crippen LogP contribution in [0.15, 0.2) is 23.1 Å². The van der Waals surface area contributed by atoms with Gasteiger partial charge in [-0.05, 0) is 30.9 Å². The number of carbonyl (C=O) groups is 1. The number of nitrogen functional groups attached to an aromatic ring is 1. The third-order valence-electron chi connectivity index (χ3n) is 2.86. The lowest BCUT2D eigenvalue weighted by atomic mass is 10.2. The number of sulfone groups is 1. The fraction of sp³-hybridized carbons (Fsp3) is 0.462. The lowest BCUT2D eigenvalue weighted by Crippen LogP contribution is -2.26. The molecule has 0 heterocycles. The fourth-order valence-electron chi connectivity index (χ4n) is 1.58. The molecule has 1 rings (SSSR count). The molecule has 0 spiro atoms. The van der Waals surface area contributed by atoms with Crippen LogP contribution < -0.4 is 11.1 Å². The number of hydrogen-bond donors (Lipinski definition) is 2.